The van der Waals surface area contributed by atoms with Crippen molar-refractivity contribution < 1.29 is 4.79 Å². The van der Waals surface area contributed by atoms with Gasteiger partial charge in [0.05, 0.1) is 5.69 Å². The predicted octanol–water partition coefficient (Wildman–Crippen LogP) is 3.77. The number of Topliss-reactive ketones (excluding diaryl/α,β-unsaturated/α-hetero) is 1. The number of carbonyl (C=O) groups is 1. The Morgan fingerprint density at radius 1 is 1.05 bits per heavy atom. The monoisotopic (exact) mass is 298 g/mol. The Morgan fingerprint density at radius 3 is 2.48 bits per heavy atom. The average molecular weight is 299 g/mol. The largest absolute Gasteiger partial charge is 0.285 e. The Morgan fingerprint density at radius 2 is 1.76 bits per heavy atom. The van der Waals surface area contributed by atoms with Gasteiger partial charge in [-0.2, -0.15) is 5.11 Å². The summed E-state index contributed by atoms with van der Waals surface area (Å²) in [6.07, 6.45) is 0. The zero-order valence-corrected chi connectivity index (χ0v) is 11.7. The third-order valence-electron chi connectivity index (χ3n) is 2.94. The molecule has 0 atom stereocenters. The first-order valence-corrected chi connectivity index (χ1v) is 6.71. The van der Waals surface area contributed by atoms with E-state index in [0.29, 0.717) is 10.6 Å². The molecule has 0 fully saturated rings. The summed E-state index contributed by atoms with van der Waals surface area (Å²) < 4.78 is 0. The lowest BCUT2D eigenvalue weighted by Crippen LogP contribution is -2.25. The Hall–Kier alpha value is -2.53. The number of benzene rings is 2. The maximum absolute atomic E-state index is 12.3. The molecule has 1 heterocycles. The van der Waals surface area contributed by atoms with E-state index in [4.69, 9.17) is 11.6 Å². The molecule has 21 heavy (non-hydrogen) atoms. The van der Waals surface area contributed by atoms with Gasteiger partial charge in [-0.05, 0) is 24.3 Å². The van der Waals surface area contributed by atoms with E-state index in [9.17, 15) is 4.79 Å². The molecule has 0 saturated carbocycles. The number of azo groups is 1. The number of hydrazone groups is 1. The van der Waals surface area contributed by atoms with E-state index in [1.807, 2.05) is 18.2 Å². The highest BCUT2D eigenvalue weighted by Crippen LogP contribution is 2.20. The van der Waals surface area contributed by atoms with Crippen molar-refractivity contribution in [2.75, 3.05) is 11.7 Å². The zero-order valence-electron chi connectivity index (χ0n) is 11.0. The highest BCUT2D eigenvalue weighted by atomic mass is 35.5. The number of hydrogen-bond acceptors (Lipinski definition) is 5. The molecule has 0 spiro atoms. The lowest BCUT2D eigenvalue weighted by Gasteiger charge is -2.19. The first-order chi connectivity index (χ1) is 10.2. The molecular weight excluding hydrogens is 288 g/mol. The summed E-state index contributed by atoms with van der Waals surface area (Å²) in [5, 5.41) is 14.3. The molecule has 3 rings (SSSR count). The molecule has 1 aliphatic rings. The highest BCUT2D eigenvalue weighted by Gasteiger charge is 2.19. The SMILES string of the molecule is O=C(C1=NN(c2ccc(Cl)cc2)CN=N1)c1ccccc1. The van der Waals surface area contributed by atoms with E-state index in [1.54, 1.807) is 41.4 Å². The van der Waals surface area contributed by atoms with E-state index in [2.05, 4.69) is 15.3 Å². The lowest BCUT2D eigenvalue weighted by atomic mass is 10.1. The van der Waals surface area contributed by atoms with Crippen LogP contribution in [0.1, 0.15) is 10.4 Å². The van der Waals surface area contributed by atoms with E-state index >= 15 is 0 Å². The highest BCUT2D eigenvalue weighted by molar-refractivity contribution is 6.45. The van der Waals surface area contributed by atoms with Crippen molar-refractivity contribution in [1.82, 2.24) is 0 Å². The summed E-state index contributed by atoms with van der Waals surface area (Å²) in [7, 11) is 0. The lowest BCUT2D eigenvalue weighted by molar-refractivity contribution is 0.106. The van der Waals surface area contributed by atoms with Gasteiger partial charge in [0.1, 0.15) is 0 Å². The van der Waals surface area contributed by atoms with Gasteiger partial charge >= 0.3 is 0 Å². The van der Waals surface area contributed by atoms with Gasteiger partial charge in [0.25, 0.3) is 0 Å². The van der Waals surface area contributed by atoms with Gasteiger partial charge in [-0.1, -0.05) is 41.9 Å². The van der Waals surface area contributed by atoms with Crippen molar-refractivity contribution in [1.29, 1.82) is 0 Å². The molecule has 104 valence electrons. The molecule has 5 nitrogen and oxygen atoms in total. The molecule has 0 saturated heterocycles. The van der Waals surface area contributed by atoms with Crippen LogP contribution >= 0.6 is 11.6 Å². The van der Waals surface area contributed by atoms with Crippen LogP contribution in [0.15, 0.2) is 69.9 Å². The van der Waals surface area contributed by atoms with E-state index in [0.717, 1.165) is 5.69 Å². The van der Waals surface area contributed by atoms with Crippen molar-refractivity contribution in [3.05, 3.63) is 65.2 Å². The molecular formula is C15H11ClN4O. The minimum absolute atomic E-state index is 0.0717. The fourth-order valence-electron chi connectivity index (χ4n) is 1.89. The number of carbonyl (C=O) groups excluding carboxylic acids is 1. The van der Waals surface area contributed by atoms with E-state index < -0.39 is 0 Å². The minimum atomic E-state index is -0.252. The number of halogens is 1. The Kier molecular flexibility index (Phi) is 3.75. The molecule has 0 N–H and O–H groups in total. The van der Waals surface area contributed by atoms with Crippen LogP contribution in [0.3, 0.4) is 0 Å². The van der Waals surface area contributed by atoms with Crippen LogP contribution in [-0.2, 0) is 0 Å². The second-order valence-electron chi connectivity index (χ2n) is 4.38. The van der Waals surface area contributed by atoms with Gasteiger partial charge in [-0.25, -0.2) is 5.01 Å². The Bertz CT molecular complexity index is 710. The molecule has 0 bridgehead atoms. The fourth-order valence-corrected chi connectivity index (χ4v) is 2.01. The standard InChI is InChI=1S/C15H11ClN4O/c16-12-6-8-13(9-7-12)20-10-17-18-15(19-20)14(21)11-4-2-1-3-5-11/h1-9H,10H2. The summed E-state index contributed by atoms with van der Waals surface area (Å²) in [6, 6.07) is 16.0. The van der Waals surface area contributed by atoms with Gasteiger partial charge in [0.2, 0.25) is 11.6 Å². The van der Waals surface area contributed by atoms with E-state index in [-0.39, 0.29) is 18.3 Å². The first-order valence-electron chi connectivity index (χ1n) is 6.33. The summed E-state index contributed by atoms with van der Waals surface area (Å²) in [5.74, 6) is -0.180. The first kappa shape index (κ1) is 13.5. The third-order valence-corrected chi connectivity index (χ3v) is 3.19. The summed E-state index contributed by atoms with van der Waals surface area (Å²) in [5.41, 5.74) is 1.34. The zero-order chi connectivity index (χ0) is 14.7. The minimum Gasteiger partial charge on any atom is -0.285 e. The number of hydrogen-bond donors (Lipinski definition) is 0. The Labute approximate surface area is 126 Å². The second-order valence-corrected chi connectivity index (χ2v) is 4.81. The topological polar surface area (TPSA) is 57.4 Å². The van der Waals surface area contributed by atoms with Gasteiger partial charge < -0.3 is 0 Å². The summed E-state index contributed by atoms with van der Waals surface area (Å²) >= 11 is 5.86. The summed E-state index contributed by atoms with van der Waals surface area (Å²) in [4.78, 5) is 12.3. The van der Waals surface area contributed by atoms with Crippen LogP contribution < -0.4 is 5.01 Å². The molecule has 2 aromatic carbocycles. The number of anilines is 1. The van der Waals surface area contributed by atoms with Crippen molar-refractivity contribution in [3.63, 3.8) is 0 Å². The molecule has 0 aromatic heterocycles. The van der Waals surface area contributed by atoms with Gasteiger partial charge in [-0.15, -0.1) is 10.2 Å². The van der Waals surface area contributed by atoms with Crippen LogP contribution in [0.4, 0.5) is 5.69 Å². The quantitative estimate of drug-likeness (QED) is 0.810. The maximum atomic E-state index is 12.3. The predicted molar refractivity (Wildman–Crippen MR) is 81.9 cm³/mol. The Balaban J connectivity index is 1.87. The fraction of sp³-hybridized carbons (Fsp3) is 0.0667. The summed E-state index contributed by atoms with van der Waals surface area (Å²) in [6.45, 7) is 0.271. The second kappa shape index (κ2) is 5.85. The van der Waals surface area contributed by atoms with Crippen molar-refractivity contribution in [2.24, 2.45) is 15.3 Å². The van der Waals surface area contributed by atoms with Crippen molar-refractivity contribution in [2.45, 2.75) is 0 Å². The number of ketones is 1. The molecule has 0 unspecified atom stereocenters. The third kappa shape index (κ3) is 2.98. The van der Waals surface area contributed by atoms with Crippen LogP contribution in [0.2, 0.25) is 5.02 Å². The normalized spacial score (nSPS) is 14.0. The number of nitrogens with zero attached hydrogens (tertiary/aromatic N) is 4. The van der Waals surface area contributed by atoms with Gasteiger partial charge in [0.15, 0.2) is 6.67 Å². The molecule has 1 aliphatic heterocycles. The van der Waals surface area contributed by atoms with Crippen LogP contribution in [-0.4, -0.2) is 18.3 Å². The molecule has 6 heteroatoms. The van der Waals surface area contributed by atoms with Gasteiger partial charge in [-0.3, -0.25) is 4.79 Å². The maximum Gasteiger partial charge on any atom is 0.241 e. The average Bonchev–Trinajstić information content (AvgIpc) is 2.56. The smallest absolute Gasteiger partial charge is 0.241 e. The van der Waals surface area contributed by atoms with Crippen LogP contribution in [0.25, 0.3) is 0 Å². The van der Waals surface area contributed by atoms with Gasteiger partial charge in [0, 0.05) is 10.6 Å². The van der Waals surface area contributed by atoms with Crippen LogP contribution in [0.5, 0.6) is 0 Å². The van der Waals surface area contributed by atoms with Crippen LogP contribution in [0, 0.1) is 0 Å². The molecule has 0 aliphatic carbocycles. The molecule has 0 amide bonds. The molecule has 0 radical (unpaired) electrons. The van der Waals surface area contributed by atoms with Crippen molar-refractivity contribution in [3.8, 4) is 0 Å². The molecule has 2 aromatic rings. The number of rotatable bonds is 3. The van der Waals surface area contributed by atoms with E-state index in [1.165, 1.54) is 0 Å². The number of amidine groups is 1. The van der Waals surface area contributed by atoms with Crippen molar-refractivity contribution >= 4 is 28.9 Å².